The van der Waals surface area contributed by atoms with Gasteiger partial charge < -0.3 is 0 Å². The minimum absolute atomic E-state index is 0.206. The largest absolute Gasteiger partial charge is 0.416 e. The highest BCUT2D eigenvalue weighted by Crippen LogP contribution is 2.31. The Morgan fingerprint density at radius 2 is 1.65 bits per heavy atom. The Hall–Kier alpha value is -2.43. The van der Waals surface area contributed by atoms with Gasteiger partial charge in [-0.1, -0.05) is 30.3 Å². The Morgan fingerprint density at radius 1 is 0.900 bits per heavy atom. The first kappa shape index (κ1) is 12.6. The summed E-state index contributed by atoms with van der Waals surface area (Å²) in [5.74, 6) is 0. The van der Waals surface area contributed by atoms with Crippen LogP contribution in [0.5, 0.6) is 0 Å². The summed E-state index contributed by atoms with van der Waals surface area (Å²) >= 11 is 0. The first-order valence-electron chi connectivity index (χ1n) is 5.86. The fraction of sp³-hybridized carbons (Fsp3) is 0.0667. The van der Waals surface area contributed by atoms with E-state index >= 15 is 0 Å². The van der Waals surface area contributed by atoms with Crippen LogP contribution in [-0.4, -0.2) is 9.97 Å². The molecule has 0 saturated heterocycles. The van der Waals surface area contributed by atoms with E-state index in [0.717, 1.165) is 17.7 Å². The van der Waals surface area contributed by atoms with Crippen molar-refractivity contribution in [1.82, 2.24) is 9.97 Å². The quantitative estimate of drug-likeness (QED) is 0.666. The lowest BCUT2D eigenvalue weighted by Gasteiger charge is -2.07. The van der Waals surface area contributed by atoms with Crippen molar-refractivity contribution in [2.45, 2.75) is 6.18 Å². The maximum Gasteiger partial charge on any atom is 0.416 e. The van der Waals surface area contributed by atoms with Gasteiger partial charge in [-0.2, -0.15) is 13.2 Å². The van der Waals surface area contributed by atoms with E-state index in [-0.39, 0.29) is 5.52 Å². The van der Waals surface area contributed by atoms with Gasteiger partial charge in [0.25, 0.3) is 0 Å². The summed E-state index contributed by atoms with van der Waals surface area (Å²) in [5, 5.41) is 0. The minimum Gasteiger partial charge on any atom is -0.244 e. The number of nitrogens with zero attached hydrogens (tertiary/aromatic N) is 2. The second kappa shape index (κ2) is 4.59. The third-order valence-electron chi connectivity index (χ3n) is 2.86. The zero-order valence-electron chi connectivity index (χ0n) is 10.1. The number of hydrogen-bond acceptors (Lipinski definition) is 2. The first-order valence-corrected chi connectivity index (χ1v) is 5.86. The Morgan fingerprint density at radius 3 is 2.35 bits per heavy atom. The summed E-state index contributed by atoms with van der Waals surface area (Å²) in [5.41, 5.74) is 1.05. The molecule has 2 nitrogen and oxygen atoms in total. The SMILES string of the molecule is FC(F)(F)c1ccc2n[c]c(-c3ccccc3)nc2c1. The summed E-state index contributed by atoms with van der Waals surface area (Å²) in [7, 11) is 0. The van der Waals surface area contributed by atoms with Gasteiger partial charge in [0.15, 0.2) is 0 Å². The van der Waals surface area contributed by atoms with E-state index in [1.165, 1.54) is 6.07 Å². The molecule has 0 aliphatic carbocycles. The van der Waals surface area contributed by atoms with Crippen LogP contribution in [0.25, 0.3) is 22.3 Å². The lowest BCUT2D eigenvalue weighted by atomic mass is 10.1. The molecule has 0 aliphatic rings. The maximum absolute atomic E-state index is 12.7. The van der Waals surface area contributed by atoms with E-state index in [1.54, 1.807) is 12.1 Å². The standard InChI is InChI=1S/C15H8F3N2/c16-15(17,18)11-6-7-12-13(8-11)20-14(9-19-12)10-4-2-1-3-5-10/h1-8H. The zero-order valence-corrected chi connectivity index (χ0v) is 10.1. The molecule has 99 valence electrons. The Balaban J connectivity index is 2.14. The molecule has 0 unspecified atom stereocenters. The van der Waals surface area contributed by atoms with E-state index in [4.69, 9.17) is 0 Å². The lowest BCUT2D eigenvalue weighted by molar-refractivity contribution is -0.137. The normalized spacial score (nSPS) is 11.8. The monoisotopic (exact) mass is 273 g/mol. The van der Waals surface area contributed by atoms with Crippen molar-refractivity contribution in [2.75, 3.05) is 0 Å². The molecule has 1 radical (unpaired) electrons. The highest BCUT2D eigenvalue weighted by atomic mass is 19.4. The highest BCUT2D eigenvalue weighted by molar-refractivity contribution is 5.77. The number of hydrogen-bond donors (Lipinski definition) is 0. The van der Waals surface area contributed by atoms with Gasteiger partial charge >= 0.3 is 6.18 Å². The van der Waals surface area contributed by atoms with Gasteiger partial charge in [-0.3, -0.25) is 0 Å². The van der Waals surface area contributed by atoms with Crippen molar-refractivity contribution in [3.8, 4) is 11.3 Å². The third kappa shape index (κ3) is 2.34. The molecular formula is C15H8F3N2. The predicted molar refractivity (Wildman–Crippen MR) is 68.8 cm³/mol. The van der Waals surface area contributed by atoms with E-state index < -0.39 is 11.7 Å². The Kier molecular flexibility index (Phi) is 2.89. The molecule has 0 amide bonds. The molecule has 2 aromatic carbocycles. The van der Waals surface area contributed by atoms with Crippen LogP contribution < -0.4 is 0 Å². The number of halogens is 3. The van der Waals surface area contributed by atoms with Gasteiger partial charge in [-0.15, -0.1) is 0 Å². The van der Waals surface area contributed by atoms with E-state index in [9.17, 15) is 13.2 Å². The van der Waals surface area contributed by atoms with Gasteiger partial charge in [0.2, 0.25) is 0 Å². The van der Waals surface area contributed by atoms with Crippen LogP contribution >= 0.6 is 0 Å². The number of aromatic nitrogens is 2. The maximum atomic E-state index is 12.7. The summed E-state index contributed by atoms with van der Waals surface area (Å²) in [6.45, 7) is 0. The van der Waals surface area contributed by atoms with Crippen LogP contribution in [0.3, 0.4) is 0 Å². The van der Waals surface area contributed by atoms with Crippen molar-refractivity contribution in [3.63, 3.8) is 0 Å². The number of fused-ring (bicyclic) bond motifs is 1. The van der Waals surface area contributed by atoms with Crippen molar-refractivity contribution in [2.24, 2.45) is 0 Å². The van der Waals surface area contributed by atoms with Gasteiger partial charge in [-0.25, -0.2) is 9.97 Å². The highest BCUT2D eigenvalue weighted by Gasteiger charge is 2.30. The molecule has 0 atom stereocenters. The molecule has 0 fully saturated rings. The summed E-state index contributed by atoms with van der Waals surface area (Å²) in [6, 6.07) is 12.4. The predicted octanol–water partition coefficient (Wildman–Crippen LogP) is 4.12. The van der Waals surface area contributed by atoms with Crippen molar-refractivity contribution in [3.05, 3.63) is 60.3 Å². The van der Waals surface area contributed by atoms with Crippen molar-refractivity contribution in [1.29, 1.82) is 0 Å². The smallest absolute Gasteiger partial charge is 0.244 e. The van der Waals surface area contributed by atoms with Crippen LogP contribution in [0.15, 0.2) is 48.5 Å². The molecule has 0 saturated carbocycles. The van der Waals surface area contributed by atoms with E-state index in [2.05, 4.69) is 16.2 Å². The van der Waals surface area contributed by atoms with Crippen LogP contribution in [0.2, 0.25) is 0 Å². The zero-order chi connectivity index (χ0) is 14.2. The van der Waals surface area contributed by atoms with Gasteiger partial charge in [0, 0.05) is 5.56 Å². The summed E-state index contributed by atoms with van der Waals surface area (Å²) in [4.78, 5) is 8.23. The number of alkyl halides is 3. The molecule has 3 rings (SSSR count). The van der Waals surface area contributed by atoms with Gasteiger partial charge in [0.05, 0.1) is 22.3 Å². The topological polar surface area (TPSA) is 25.8 Å². The molecule has 0 bridgehead atoms. The van der Waals surface area contributed by atoms with Crippen molar-refractivity contribution < 1.29 is 13.2 Å². The molecule has 5 heteroatoms. The summed E-state index contributed by atoms with van der Waals surface area (Å²) in [6.07, 6.45) is -1.64. The minimum atomic E-state index is -4.39. The summed E-state index contributed by atoms with van der Waals surface area (Å²) < 4.78 is 38.0. The average Bonchev–Trinajstić information content (AvgIpc) is 2.46. The van der Waals surface area contributed by atoms with Crippen LogP contribution in [0, 0.1) is 6.20 Å². The van der Waals surface area contributed by atoms with E-state index in [0.29, 0.717) is 11.2 Å². The van der Waals surface area contributed by atoms with Gasteiger partial charge in [0.1, 0.15) is 6.20 Å². The molecule has 0 aliphatic heterocycles. The molecule has 1 heterocycles. The van der Waals surface area contributed by atoms with Gasteiger partial charge in [-0.05, 0) is 18.2 Å². The third-order valence-corrected chi connectivity index (χ3v) is 2.86. The fourth-order valence-electron chi connectivity index (χ4n) is 1.87. The molecule has 1 aromatic heterocycles. The second-order valence-corrected chi connectivity index (χ2v) is 4.25. The molecule has 3 aromatic rings. The van der Waals surface area contributed by atoms with Crippen LogP contribution in [0.1, 0.15) is 5.56 Å². The Bertz CT molecular complexity index is 752. The van der Waals surface area contributed by atoms with Crippen LogP contribution in [0.4, 0.5) is 13.2 Å². The van der Waals surface area contributed by atoms with Crippen molar-refractivity contribution >= 4 is 11.0 Å². The second-order valence-electron chi connectivity index (χ2n) is 4.25. The van der Waals surface area contributed by atoms with Crippen LogP contribution in [-0.2, 0) is 6.18 Å². The number of benzene rings is 2. The lowest BCUT2D eigenvalue weighted by Crippen LogP contribution is -2.04. The molecular weight excluding hydrogens is 265 g/mol. The molecule has 0 N–H and O–H groups in total. The first-order chi connectivity index (χ1) is 9.54. The number of rotatable bonds is 1. The van der Waals surface area contributed by atoms with E-state index in [1.807, 2.05) is 18.2 Å². The molecule has 20 heavy (non-hydrogen) atoms. The Labute approximate surface area is 112 Å². The fourth-order valence-corrected chi connectivity index (χ4v) is 1.87. The molecule has 0 spiro atoms. The average molecular weight is 273 g/mol.